The summed E-state index contributed by atoms with van der Waals surface area (Å²) >= 11 is 0. The van der Waals surface area contributed by atoms with Crippen LogP contribution in [0.15, 0.2) is 29.2 Å². The highest BCUT2D eigenvalue weighted by atomic mass is 32.2. The molecule has 0 saturated carbocycles. The zero-order valence-corrected chi connectivity index (χ0v) is 15.6. The summed E-state index contributed by atoms with van der Waals surface area (Å²) in [7, 11) is -3.62. The molecule has 1 heterocycles. The van der Waals surface area contributed by atoms with Crippen molar-refractivity contribution in [2.45, 2.75) is 37.6 Å². The van der Waals surface area contributed by atoms with Crippen LogP contribution in [0.2, 0.25) is 0 Å². The molecule has 1 aliphatic rings. The summed E-state index contributed by atoms with van der Waals surface area (Å²) in [4.78, 5) is 14.1. The molecule has 0 aromatic heterocycles. The molecule has 1 amide bonds. The van der Waals surface area contributed by atoms with Crippen molar-refractivity contribution < 1.29 is 17.6 Å². The highest BCUT2D eigenvalue weighted by molar-refractivity contribution is 7.89. The van der Waals surface area contributed by atoms with Gasteiger partial charge in [-0.25, -0.2) is 12.8 Å². The van der Waals surface area contributed by atoms with Crippen LogP contribution in [-0.4, -0.2) is 62.3 Å². The van der Waals surface area contributed by atoms with Crippen molar-refractivity contribution in [1.29, 1.82) is 0 Å². The molecule has 1 aromatic carbocycles. The van der Waals surface area contributed by atoms with Gasteiger partial charge in [0.15, 0.2) is 0 Å². The van der Waals surface area contributed by atoms with E-state index < -0.39 is 15.8 Å². The zero-order chi connectivity index (χ0) is 18.4. The number of rotatable bonds is 7. The fourth-order valence-corrected chi connectivity index (χ4v) is 4.28. The van der Waals surface area contributed by atoms with E-state index in [1.165, 1.54) is 16.4 Å². The van der Waals surface area contributed by atoms with Crippen molar-refractivity contribution in [3.8, 4) is 0 Å². The number of carbonyl (C=O) groups is 1. The Bertz CT molecular complexity index is 667. The molecule has 1 saturated heterocycles. The minimum atomic E-state index is -3.62. The van der Waals surface area contributed by atoms with Gasteiger partial charge in [-0.05, 0) is 37.1 Å². The molecule has 1 aliphatic heterocycles. The first kappa shape index (κ1) is 19.8. The van der Waals surface area contributed by atoms with Gasteiger partial charge in [-0.3, -0.25) is 9.69 Å². The molecule has 25 heavy (non-hydrogen) atoms. The van der Waals surface area contributed by atoms with E-state index in [4.69, 9.17) is 0 Å². The molecule has 0 radical (unpaired) electrons. The van der Waals surface area contributed by atoms with Crippen molar-refractivity contribution in [3.05, 3.63) is 30.1 Å². The van der Waals surface area contributed by atoms with E-state index in [0.717, 1.165) is 25.0 Å². The normalized spacial score (nSPS) is 17.0. The Balaban J connectivity index is 1.88. The van der Waals surface area contributed by atoms with Gasteiger partial charge >= 0.3 is 0 Å². The van der Waals surface area contributed by atoms with Gasteiger partial charge in [-0.1, -0.05) is 13.8 Å². The van der Waals surface area contributed by atoms with E-state index in [1.807, 2.05) is 18.7 Å². The summed E-state index contributed by atoms with van der Waals surface area (Å²) in [6, 6.07) is 5.03. The maximum Gasteiger partial charge on any atom is 0.243 e. The van der Waals surface area contributed by atoms with Crippen LogP contribution < -0.4 is 5.32 Å². The van der Waals surface area contributed by atoms with Crippen molar-refractivity contribution >= 4 is 15.9 Å². The number of hydrogen-bond donors (Lipinski definition) is 1. The van der Waals surface area contributed by atoms with Crippen LogP contribution in [0.4, 0.5) is 4.39 Å². The van der Waals surface area contributed by atoms with Crippen LogP contribution in [0.5, 0.6) is 0 Å². The number of hydrogen-bond acceptors (Lipinski definition) is 4. The highest BCUT2D eigenvalue weighted by Crippen LogP contribution is 2.18. The number of piperazine rings is 1. The van der Waals surface area contributed by atoms with E-state index in [-0.39, 0.29) is 23.4 Å². The molecule has 0 spiro atoms. The second-order valence-corrected chi connectivity index (χ2v) is 8.15. The van der Waals surface area contributed by atoms with Gasteiger partial charge in [-0.2, -0.15) is 4.31 Å². The molecule has 1 N–H and O–H groups in total. The number of nitrogens with zero attached hydrogens (tertiary/aromatic N) is 2. The summed E-state index contributed by atoms with van der Waals surface area (Å²) in [6.07, 6.45) is 1.79. The minimum absolute atomic E-state index is 0.0245. The lowest BCUT2D eigenvalue weighted by Crippen LogP contribution is -2.51. The third-order valence-corrected chi connectivity index (χ3v) is 6.41. The summed E-state index contributed by atoms with van der Waals surface area (Å²) in [5, 5.41) is 2.99. The third kappa shape index (κ3) is 5.23. The van der Waals surface area contributed by atoms with Gasteiger partial charge in [-0.15, -0.1) is 0 Å². The molecule has 8 heteroatoms. The lowest BCUT2D eigenvalue weighted by molar-refractivity contribution is -0.123. The van der Waals surface area contributed by atoms with Crippen LogP contribution in [0.25, 0.3) is 0 Å². The van der Waals surface area contributed by atoms with Gasteiger partial charge in [0.2, 0.25) is 15.9 Å². The highest BCUT2D eigenvalue weighted by Gasteiger charge is 2.29. The fourth-order valence-electron chi connectivity index (χ4n) is 2.85. The Labute approximate surface area is 149 Å². The van der Waals surface area contributed by atoms with Crippen molar-refractivity contribution in [3.63, 3.8) is 0 Å². The molecule has 0 atom stereocenters. The maximum absolute atomic E-state index is 13.0. The summed E-state index contributed by atoms with van der Waals surface area (Å²) in [5.74, 6) is -0.490. The third-order valence-electron chi connectivity index (χ3n) is 4.50. The Hall–Kier alpha value is -1.51. The second-order valence-electron chi connectivity index (χ2n) is 6.22. The molecule has 0 bridgehead atoms. The summed E-state index contributed by atoms with van der Waals surface area (Å²) in [5.41, 5.74) is 0. The average molecular weight is 371 g/mol. The number of sulfonamides is 1. The Morgan fingerprint density at radius 2 is 1.68 bits per heavy atom. The zero-order valence-electron chi connectivity index (χ0n) is 14.7. The molecule has 0 unspecified atom stereocenters. The molecular formula is C17H26FN3O3S. The lowest BCUT2D eigenvalue weighted by atomic mass is 10.2. The van der Waals surface area contributed by atoms with Crippen molar-refractivity contribution in [2.75, 3.05) is 32.7 Å². The second kappa shape index (κ2) is 8.73. The molecule has 1 aromatic rings. The minimum Gasteiger partial charge on any atom is -0.352 e. The van der Waals surface area contributed by atoms with Gasteiger partial charge < -0.3 is 5.32 Å². The Morgan fingerprint density at radius 3 is 2.20 bits per heavy atom. The van der Waals surface area contributed by atoms with Gasteiger partial charge in [0.25, 0.3) is 0 Å². The Morgan fingerprint density at radius 1 is 1.12 bits per heavy atom. The first-order valence-electron chi connectivity index (χ1n) is 8.64. The van der Waals surface area contributed by atoms with Gasteiger partial charge in [0.1, 0.15) is 5.82 Å². The van der Waals surface area contributed by atoms with E-state index in [2.05, 4.69) is 5.32 Å². The number of benzene rings is 1. The van der Waals surface area contributed by atoms with Gasteiger partial charge in [0.05, 0.1) is 11.4 Å². The van der Waals surface area contributed by atoms with E-state index in [9.17, 15) is 17.6 Å². The fraction of sp³-hybridized carbons (Fsp3) is 0.588. The summed E-state index contributed by atoms with van der Waals surface area (Å²) < 4.78 is 39.5. The lowest BCUT2D eigenvalue weighted by Gasteiger charge is -2.33. The van der Waals surface area contributed by atoms with Crippen LogP contribution in [0.3, 0.4) is 0 Å². The monoisotopic (exact) mass is 371 g/mol. The molecule has 140 valence electrons. The van der Waals surface area contributed by atoms with Crippen LogP contribution in [0, 0.1) is 5.82 Å². The predicted octanol–water partition coefficient (Wildman–Crippen LogP) is 1.44. The standard InChI is InChI=1S/C17H26FN3O3S/c1-3-15(4-2)19-17(22)13-20-9-11-21(12-10-20)25(23,24)16-7-5-14(18)6-8-16/h5-8,15H,3-4,9-13H2,1-2H3,(H,19,22). The molecular weight excluding hydrogens is 345 g/mol. The predicted molar refractivity (Wildman–Crippen MR) is 94.1 cm³/mol. The molecule has 2 rings (SSSR count). The number of carbonyl (C=O) groups excluding carboxylic acids is 1. The van der Waals surface area contributed by atoms with Gasteiger partial charge in [0, 0.05) is 32.2 Å². The topological polar surface area (TPSA) is 69.7 Å². The number of nitrogens with one attached hydrogen (secondary N) is 1. The van der Waals surface area contributed by atoms with Crippen molar-refractivity contribution in [1.82, 2.24) is 14.5 Å². The van der Waals surface area contributed by atoms with E-state index in [1.54, 1.807) is 0 Å². The largest absolute Gasteiger partial charge is 0.352 e. The van der Waals surface area contributed by atoms with Crippen LogP contribution >= 0.6 is 0 Å². The first-order valence-corrected chi connectivity index (χ1v) is 10.1. The Kier molecular flexibility index (Phi) is 6.92. The number of halogens is 1. The van der Waals surface area contributed by atoms with Crippen LogP contribution in [0.1, 0.15) is 26.7 Å². The molecule has 1 fully saturated rings. The summed E-state index contributed by atoms with van der Waals surface area (Å²) in [6.45, 7) is 5.98. The quantitative estimate of drug-likeness (QED) is 0.787. The average Bonchev–Trinajstić information content (AvgIpc) is 2.60. The molecule has 0 aliphatic carbocycles. The maximum atomic E-state index is 13.0. The molecule has 6 nitrogen and oxygen atoms in total. The number of amides is 1. The SMILES string of the molecule is CCC(CC)NC(=O)CN1CCN(S(=O)(=O)c2ccc(F)cc2)CC1. The van der Waals surface area contributed by atoms with Crippen LogP contribution in [-0.2, 0) is 14.8 Å². The van der Waals surface area contributed by atoms with E-state index in [0.29, 0.717) is 26.2 Å². The van der Waals surface area contributed by atoms with E-state index >= 15 is 0 Å². The van der Waals surface area contributed by atoms with Crippen molar-refractivity contribution in [2.24, 2.45) is 0 Å². The smallest absolute Gasteiger partial charge is 0.243 e. The first-order chi connectivity index (χ1) is 11.9.